The number of benzene rings is 2. The second-order valence-electron chi connectivity index (χ2n) is 10.7. The van der Waals surface area contributed by atoms with Gasteiger partial charge < -0.3 is 14.6 Å². The molecule has 0 aliphatic rings. The number of ether oxygens (including phenoxy) is 2. The third-order valence-electron chi connectivity index (χ3n) is 6.95. The Hall–Kier alpha value is -2.36. The highest BCUT2D eigenvalue weighted by Gasteiger charge is 2.41. The van der Waals surface area contributed by atoms with Crippen LogP contribution in [-0.4, -0.2) is 33.1 Å². The molecule has 0 fully saturated rings. The van der Waals surface area contributed by atoms with E-state index in [4.69, 9.17) is 9.47 Å². The molecule has 2 aromatic rings. The Morgan fingerprint density at radius 3 is 2.18 bits per heavy atom. The summed E-state index contributed by atoms with van der Waals surface area (Å²) in [7, 11) is -0.560. The maximum absolute atomic E-state index is 15.3. The molecule has 0 aliphatic carbocycles. The zero-order valence-corrected chi connectivity index (χ0v) is 23.0. The summed E-state index contributed by atoms with van der Waals surface area (Å²) in [6.45, 7) is 16.7. The minimum Gasteiger partial charge on any atom is -0.481 e. The molecule has 0 aliphatic heterocycles. The number of halogens is 1. The highest BCUT2D eigenvalue weighted by atomic mass is 28.3. The van der Waals surface area contributed by atoms with Crippen LogP contribution in [0.4, 0.5) is 4.39 Å². The van der Waals surface area contributed by atoms with E-state index in [-0.39, 0.29) is 19.0 Å². The minimum atomic E-state index is -2.09. The zero-order chi connectivity index (χ0) is 25.8. The maximum atomic E-state index is 15.3. The lowest BCUT2D eigenvalue weighted by Crippen LogP contribution is -2.43. The average Bonchev–Trinajstić information content (AvgIpc) is 2.72. The molecule has 2 aromatic carbocycles. The van der Waals surface area contributed by atoms with Gasteiger partial charge in [-0.25, -0.2) is 4.39 Å². The van der Waals surface area contributed by atoms with Crippen LogP contribution in [0.25, 0.3) is 10.8 Å². The first-order valence-corrected chi connectivity index (χ1v) is 14.1. The number of carboxylic acids is 1. The van der Waals surface area contributed by atoms with E-state index in [0.717, 1.165) is 5.39 Å². The van der Waals surface area contributed by atoms with Gasteiger partial charge in [-0.2, -0.15) is 0 Å². The normalized spacial score (nSPS) is 12.4. The lowest BCUT2D eigenvalue weighted by Gasteiger charge is -2.38. The molecule has 0 radical (unpaired) electrons. The summed E-state index contributed by atoms with van der Waals surface area (Å²) in [5.74, 6) is 2.52. The van der Waals surface area contributed by atoms with Gasteiger partial charge in [-0.05, 0) is 66.0 Å². The molecule has 2 rings (SSSR count). The number of rotatable bonds is 9. The van der Waals surface area contributed by atoms with Crippen molar-refractivity contribution in [2.45, 2.75) is 78.4 Å². The molecule has 0 saturated carbocycles. The molecule has 0 saturated heterocycles. The van der Waals surface area contributed by atoms with Crippen molar-refractivity contribution < 1.29 is 23.8 Å². The molecule has 0 unspecified atom stereocenters. The third-order valence-corrected chi connectivity index (χ3v) is 13.2. The second kappa shape index (κ2) is 10.9. The number of carbonyl (C=O) groups is 1. The van der Waals surface area contributed by atoms with E-state index >= 15 is 4.39 Å². The Balaban J connectivity index is 2.87. The van der Waals surface area contributed by atoms with Gasteiger partial charge in [0, 0.05) is 12.5 Å². The smallest absolute Gasteiger partial charge is 0.309 e. The molecule has 0 heterocycles. The highest BCUT2D eigenvalue weighted by Crippen LogP contribution is 2.41. The molecule has 0 bridgehead atoms. The SMILES string of the molecule is COCOc1cc(CC(C)(C)C(=O)O)c2c(C#C[Si](C(C)C)(C(C)C)C(C)C)c(F)ccc2c1. The van der Waals surface area contributed by atoms with E-state index in [1.165, 1.54) is 13.2 Å². The monoisotopic (exact) mass is 486 g/mol. The van der Waals surface area contributed by atoms with Crippen molar-refractivity contribution in [3.8, 4) is 17.2 Å². The fourth-order valence-electron chi connectivity index (χ4n) is 5.13. The summed E-state index contributed by atoms with van der Waals surface area (Å²) in [4.78, 5) is 11.9. The predicted molar refractivity (Wildman–Crippen MR) is 139 cm³/mol. The van der Waals surface area contributed by atoms with E-state index in [1.54, 1.807) is 26.0 Å². The highest BCUT2D eigenvalue weighted by molar-refractivity contribution is 6.90. The van der Waals surface area contributed by atoms with Gasteiger partial charge in [0.1, 0.15) is 19.6 Å². The van der Waals surface area contributed by atoms with Crippen molar-refractivity contribution in [1.29, 1.82) is 0 Å². The first-order chi connectivity index (χ1) is 15.8. The standard InChI is InChI=1S/C28H39FO4Si/c1-18(2)34(19(3)4,20(5)6)13-12-24-25(29)11-10-21-14-23(33-17-32-9)15-22(26(21)24)16-28(7,8)27(30)31/h10-11,14-15,18-20H,16-17H2,1-9H3,(H,30,31). The Labute approximate surface area is 204 Å². The van der Waals surface area contributed by atoms with Crippen LogP contribution in [0.2, 0.25) is 16.6 Å². The van der Waals surface area contributed by atoms with Crippen molar-refractivity contribution in [1.82, 2.24) is 0 Å². The molecule has 1 N–H and O–H groups in total. The quantitative estimate of drug-likeness (QED) is 0.232. The summed E-state index contributed by atoms with van der Waals surface area (Å²) in [6.07, 6.45) is 0.211. The lowest BCUT2D eigenvalue weighted by molar-refractivity contribution is -0.146. The third kappa shape index (κ3) is 5.64. The molecule has 0 atom stereocenters. The topological polar surface area (TPSA) is 55.8 Å². The molecule has 6 heteroatoms. The number of methoxy groups -OCH3 is 1. The molecule has 186 valence electrons. The number of hydrogen-bond donors (Lipinski definition) is 1. The van der Waals surface area contributed by atoms with E-state index < -0.39 is 19.5 Å². The van der Waals surface area contributed by atoms with Crippen LogP contribution in [0, 0.1) is 22.7 Å². The van der Waals surface area contributed by atoms with Crippen LogP contribution in [-0.2, 0) is 16.0 Å². The van der Waals surface area contributed by atoms with Gasteiger partial charge in [0.15, 0.2) is 6.79 Å². The van der Waals surface area contributed by atoms with Gasteiger partial charge >= 0.3 is 5.97 Å². The van der Waals surface area contributed by atoms with Crippen LogP contribution < -0.4 is 4.74 Å². The van der Waals surface area contributed by atoms with Crippen LogP contribution in [0.15, 0.2) is 24.3 Å². The molecule has 0 amide bonds. The van der Waals surface area contributed by atoms with Gasteiger partial charge in [0.05, 0.1) is 11.0 Å². The molecular weight excluding hydrogens is 447 g/mol. The van der Waals surface area contributed by atoms with Gasteiger partial charge in [-0.1, -0.05) is 53.5 Å². The Bertz CT molecular complexity index is 1070. The van der Waals surface area contributed by atoms with E-state index in [0.29, 0.717) is 38.9 Å². The Kier molecular flexibility index (Phi) is 8.96. The van der Waals surface area contributed by atoms with Crippen molar-refractivity contribution in [2.75, 3.05) is 13.9 Å². The van der Waals surface area contributed by atoms with Crippen LogP contribution >= 0.6 is 0 Å². The van der Waals surface area contributed by atoms with Crippen molar-refractivity contribution in [3.05, 3.63) is 41.2 Å². The molecule has 4 nitrogen and oxygen atoms in total. The summed E-state index contributed by atoms with van der Waals surface area (Å²) in [5, 5.41) is 11.2. The van der Waals surface area contributed by atoms with Crippen LogP contribution in [0.1, 0.15) is 66.5 Å². The Morgan fingerprint density at radius 1 is 1.09 bits per heavy atom. The number of aliphatic carboxylic acids is 1. The van der Waals surface area contributed by atoms with Crippen molar-refractivity contribution >= 4 is 24.8 Å². The van der Waals surface area contributed by atoms with Crippen LogP contribution in [0.3, 0.4) is 0 Å². The van der Waals surface area contributed by atoms with Crippen molar-refractivity contribution in [3.63, 3.8) is 0 Å². The number of fused-ring (bicyclic) bond motifs is 1. The Morgan fingerprint density at radius 2 is 1.68 bits per heavy atom. The molecular formula is C28H39FO4Si. The maximum Gasteiger partial charge on any atom is 0.309 e. The summed E-state index contributed by atoms with van der Waals surface area (Å²) < 4.78 is 26.0. The van der Waals surface area contributed by atoms with Gasteiger partial charge in [0.2, 0.25) is 0 Å². The van der Waals surface area contributed by atoms with E-state index in [2.05, 4.69) is 53.0 Å². The van der Waals surface area contributed by atoms with Crippen LogP contribution in [0.5, 0.6) is 5.75 Å². The zero-order valence-electron chi connectivity index (χ0n) is 22.0. The fourth-order valence-corrected chi connectivity index (χ4v) is 10.3. The molecule has 0 aromatic heterocycles. The predicted octanol–water partition coefficient (Wildman–Crippen LogP) is 7.18. The fraction of sp³-hybridized carbons (Fsp3) is 0.536. The minimum absolute atomic E-state index is 0.0619. The summed E-state index contributed by atoms with van der Waals surface area (Å²) in [6, 6.07) is 6.75. The van der Waals surface area contributed by atoms with E-state index in [1.807, 2.05) is 6.07 Å². The van der Waals surface area contributed by atoms with Gasteiger partial charge in [-0.15, -0.1) is 5.54 Å². The number of carboxylic acid groups (broad SMARTS) is 1. The number of hydrogen-bond acceptors (Lipinski definition) is 3. The molecule has 34 heavy (non-hydrogen) atoms. The van der Waals surface area contributed by atoms with E-state index in [9.17, 15) is 9.90 Å². The van der Waals surface area contributed by atoms with Gasteiger partial charge in [-0.3, -0.25) is 4.79 Å². The first-order valence-electron chi connectivity index (χ1n) is 11.9. The second-order valence-corrected chi connectivity index (χ2v) is 16.2. The largest absolute Gasteiger partial charge is 0.481 e. The molecule has 0 spiro atoms. The first kappa shape index (κ1) is 27.9. The summed E-state index contributed by atoms with van der Waals surface area (Å²) in [5.41, 5.74) is 4.86. The van der Waals surface area contributed by atoms with Gasteiger partial charge in [0.25, 0.3) is 0 Å². The average molecular weight is 487 g/mol. The lowest BCUT2D eigenvalue weighted by atomic mass is 9.83. The summed E-state index contributed by atoms with van der Waals surface area (Å²) >= 11 is 0. The van der Waals surface area contributed by atoms with Crippen molar-refractivity contribution in [2.24, 2.45) is 5.41 Å².